The number of unbranched alkanes of at least 4 members (excludes halogenated alkanes) is 2. The van der Waals surface area contributed by atoms with E-state index in [1.54, 1.807) is 36.4 Å². The van der Waals surface area contributed by atoms with Crippen LogP contribution in [0.4, 0.5) is 11.4 Å². The van der Waals surface area contributed by atoms with Gasteiger partial charge in [0.2, 0.25) is 20.0 Å². The van der Waals surface area contributed by atoms with Crippen molar-refractivity contribution in [1.29, 1.82) is 0 Å². The molecule has 24 nitrogen and oxygen atoms in total. The third-order valence-electron chi connectivity index (χ3n) is 8.49. The average Bonchev–Trinajstić information content (AvgIpc) is 3.21. The predicted molar refractivity (Wildman–Crippen MR) is 239 cm³/mol. The third-order valence-corrected chi connectivity index (χ3v) is 11.5. The van der Waals surface area contributed by atoms with Crippen LogP contribution in [0.5, 0.6) is 0 Å². The number of nitrogens with one attached hydrogen (secondary N) is 2. The molecule has 0 aliphatic rings. The standard InChI is InChI=1S/2C18H25N3O4S.C2H8N2.2NO3.Pt/c2*1-21(2)16-10-5-8-14-13(16)7-6-11-17(14)26(24,25)20-15(18(22)23)9-3-4-12-19;3-1-2-4;2*2-1(3)4;/h2*5-8,10-11,15,20H,3-4,9,12,19H2,1-2H3,(H,22,23);1-4H2;;;/q;;;2*-1;+4/p-2/t2*15-;;;;/m00..../s1. The topological polar surface area (TPSA) is 416 Å². The number of nitrogens with zero attached hydrogens (tertiary/aromatic N) is 4. The first kappa shape index (κ1) is 61.8. The summed E-state index contributed by atoms with van der Waals surface area (Å²) in [7, 11) is -0.571. The number of carbonyl (C=O) groups is 2. The molecule has 0 aromatic heterocycles. The van der Waals surface area contributed by atoms with E-state index in [4.69, 9.17) is 53.6 Å². The monoisotopic (exact) mass is 1140 g/mol. The zero-order valence-corrected chi connectivity index (χ0v) is 40.0. The number of carbonyl (C=O) groups excluding carboxylic acids is 2. The molecule has 4 aromatic carbocycles. The largest absolute Gasteiger partial charge is 4.00 e. The van der Waals surface area contributed by atoms with Crippen LogP contribution in [-0.2, 0) is 50.7 Å². The zero-order valence-electron chi connectivity index (χ0n) is 36.1. The SMILES string of the molecule is CN(C)c1cccc2c(S(=O)(=O)N[C@@H](CCCCN)C(=O)[O-])cccc12.CN(C)c1cccc2c(S(=O)(=O)N[C@@H](CCCCN)C(=O)[O-])cccc12.NCCN.O=[N+]([O-])[O-].O=[N+]([O-])[O-].[Pt+4]. The minimum Gasteiger partial charge on any atom is -0.548 e. The number of hydrogen-bond acceptors (Lipinski definition) is 20. The zero-order chi connectivity index (χ0) is 49.2. The number of sulfonamides is 2. The number of benzene rings is 4. The molecule has 0 aliphatic heterocycles. The molecular weight excluding hydrogens is 1080 g/mol. The summed E-state index contributed by atoms with van der Waals surface area (Å²) in [5.41, 5.74) is 22.4. The molecule has 364 valence electrons. The summed E-state index contributed by atoms with van der Waals surface area (Å²) >= 11 is 0. The molecule has 0 saturated carbocycles. The molecule has 0 fully saturated rings. The molecule has 65 heavy (non-hydrogen) atoms. The Morgan fingerprint density at radius 1 is 0.538 bits per heavy atom. The van der Waals surface area contributed by atoms with E-state index in [2.05, 4.69) is 9.44 Å². The molecule has 0 spiro atoms. The number of anilines is 2. The normalized spacial score (nSPS) is 11.5. The van der Waals surface area contributed by atoms with Gasteiger partial charge in [0.1, 0.15) is 0 Å². The molecule has 0 bridgehead atoms. The molecule has 0 radical (unpaired) electrons. The van der Waals surface area contributed by atoms with Crippen molar-refractivity contribution < 1.29 is 67.9 Å². The van der Waals surface area contributed by atoms with Crippen LogP contribution in [-0.4, -0.2) is 105 Å². The van der Waals surface area contributed by atoms with E-state index in [1.807, 2.05) is 62.3 Å². The van der Waals surface area contributed by atoms with Crippen LogP contribution in [0.1, 0.15) is 38.5 Å². The van der Waals surface area contributed by atoms with Crippen molar-refractivity contribution >= 4 is 64.9 Å². The van der Waals surface area contributed by atoms with Crippen molar-refractivity contribution in [2.24, 2.45) is 22.9 Å². The second-order valence-corrected chi connectivity index (χ2v) is 17.0. The quantitative estimate of drug-likeness (QED) is 0.0383. The molecule has 27 heteroatoms. The number of rotatable bonds is 19. The number of carboxylic acids is 2. The van der Waals surface area contributed by atoms with Crippen LogP contribution in [0.15, 0.2) is 82.6 Å². The van der Waals surface area contributed by atoms with E-state index in [0.717, 1.165) is 22.1 Å². The van der Waals surface area contributed by atoms with Crippen molar-refractivity contribution in [3.63, 3.8) is 0 Å². The third kappa shape index (κ3) is 22.4. The average molecular weight is 1140 g/mol. The maximum absolute atomic E-state index is 12.8. The Morgan fingerprint density at radius 2 is 0.815 bits per heavy atom. The smallest absolute Gasteiger partial charge is 0.548 e. The minimum absolute atomic E-state index is 0. The fourth-order valence-electron chi connectivity index (χ4n) is 5.71. The summed E-state index contributed by atoms with van der Waals surface area (Å²) in [5, 5.41) is 54.8. The van der Waals surface area contributed by atoms with Gasteiger partial charge in [-0.3, -0.25) is 0 Å². The first-order chi connectivity index (χ1) is 29.9. The van der Waals surface area contributed by atoms with Crippen molar-refractivity contribution in [1.82, 2.24) is 9.44 Å². The van der Waals surface area contributed by atoms with Gasteiger partial charge in [-0.2, -0.15) is 0 Å². The van der Waals surface area contributed by atoms with E-state index < -0.39 is 54.2 Å². The number of hydrogen-bond donors (Lipinski definition) is 6. The van der Waals surface area contributed by atoms with Gasteiger partial charge in [-0.05, 0) is 63.0 Å². The summed E-state index contributed by atoms with van der Waals surface area (Å²) < 4.78 is 55.9. The van der Waals surface area contributed by atoms with Crippen molar-refractivity contribution in [2.45, 2.75) is 60.4 Å². The van der Waals surface area contributed by atoms with Gasteiger partial charge in [0, 0.05) is 74.2 Å². The molecule has 2 atom stereocenters. The van der Waals surface area contributed by atoms with Crippen LogP contribution in [0.2, 0.25) is 0 Å². The molecule has 0 saturated heterocycles. The number of fused-ring (bicyclic) bond motifs is 2. The van der Waals surface area contributed by atoms with E-state index >= 15 is 0 Å². The predicted octanol–water partition coefficient (Wildman–Crippen LogP) is -0.714. The molecule has 4 aromatic rings. The summed E-state index contributed by atoms with van der Waals surface area (Å²) in [6, 6.07) is 18.1. The second kappa shape index (κ2) is 31.5. The Bertz CT molecular complexity index is 2160. The van der Waals surface area contributed by atoms with Crippen LogP contribution in [0.25, 0.3) is 21.5 Å². The summed E-state index contributed by atoms with van der Waals surface area (Å²) in [5.74, 6) is -2.89. The van der Waals surface area contributed by atoms with Gasteiger partial charge in [0.05, 0.1) is 44.0 Å². The molecule has 4 rings (SSSR count). The fraction of sp³-hybridized carbons (Fsp3) is 0.421. The van der Waals surface area contributed by atoms with E-state index in [-0.39, 0.29) is 43.7 Å². The molecular formula is C38H56N10O14PtS2. The number of aliphatic carboxylic acids is 2. The maximum atomic E-state index is 12.8. The molecule has 0 heterocycles. The van der Waals surface area contributed by atoms with Crippen molar-refractivity contribution in [2.75, 3.05) is 64.2 Å². The number of carboxylic acid groups (broad SMARTS) is 2. The van der Waals surface area contributed by atoms with E-state index in [1.165, 1.54) is 12.1 Å². The van der Waals surface area contributed by atoms with Gasteiger partial charge in [0.25, 0.3) is 0 Å². The van der Waals surface area contributed by atoms with Crippen LogP contribution >= 0.6 is 0 Å². The van der Waals surface area contributed by atoms with Gasteiger partial charge in [0.15, 0.2) is 0 Å². The molecule has 0 amide bonds. The Morgan fingerprint density at radius 3 is 1.06 bits per heavy atom. The van der Waals surface area contributed by atoms with Gasteiger partial charge < -0.3 is 83.2 Å². The summed E-state index contributed by atoms with van der Waals surface area (Å²) in [6.07, 6.45) is 2.49. The van der Waals surface area contributed by atoms with Gasteiger partial charge in [-0.25, -0.2) is 26.3 Å². The Hall–Kier alpha value is -5.31. The first-order valence-electron chi connectivity index (χ1n) is 19.2. The summed E-state index contributed by atoms with van der Waals surface area (Å²) in [6.45, 7) is 2.03. The number of nitrogens with two attached hydrogens (primary N) is 4. The fourth-order valence-corrected chi connectivity index (χ4v) is 8.60. The van der Waals surface area contributed by atoms with Crippen LogP contribution < -0.4 is 52.4 Å². The second-order valence-electron chi connectivity index (χ2n) is 13.6. The van der Waals surface area contributed by atoms with Crippen molar-refractivity contribution in [3.05, 3.63) is 103 Å². The molecule has 0 aliphatic carbocycles. The summed E-state index contributed by atoms with van der Waals surface area (Å²) in [4.78, 5) is 43.0. The van der Waals surface area contributed by atoms with E-state index in [9.17, 15) is 36.6 Å². The Kier molecular flexibility index (Phi) is 30.0. The van der Waals surface area contributed by atoms with Crippen LogP contribution in [0, 0.1) is 30.6 Å². The van der Waals surface area contributed by atoms with Gasteiger partial charge in [-0.15, -0.1) is 0 Å². The van der Waals surface area contributed by atoms with Crippen LogP contribution in [0.3, 0.4) is 0 Å². The molecule has 10 N–H and O–H groups in total. The minimum atomic E-state index is -4.03. The Balaban J connectivity index is 0. The molecule has 0 unspecified atom stereocenters. The first-order valence-corrected chi connectivity index (χ1v) is 22.2. The van der Waals surface area contributed by atoms with Crippen molar-refractivity contribution in [3.8, 4) is 0 Å². The van der Waals surface area contributed by atoms with Gasteiger partial charge >= 0.3 is 21.1 Å². The maximum Gasteiger partial charge on any atom is 4.00 e. The van der Waals surface area contributed by atoms with E-state index in [0.29, 0.717) is 62.6 Å². The van der Waals surface area contributed by atoms with Gasteiger partial charge in [-0.1, -0.05) is 61.4 Å². The Labute approximate surface area is 391 Å².